The van der Waals surface area contributed by atoms with Crippen LogP contribution in [-0.2, 0) is 4.74 Å². The van der Waals surface area contributed by atoms with Crippen molar-refractivity contribution in [2.75, 3.05) is 0 Å². The lowest BCUT2D eigenvalue weighted by atomic mass is 9.95. The number of ether oxygens (including phenoxy) is 1. The SMILES string of the molecule is CC1(C)CC(n2cccn2)C(C)(C)O1. The molecule has 1 unspecified atom stereocenters. The minimum Gasteiger partial charge on any atom is -0.367 e. The molecule has 0 bridgehead atoms. The summed E-state index contributed by atoms with van der Waals surface area (Å²) in [5, 5.41) is 4.30. The van der Waals surface area contributed by atoms with Crippen LogP contribution in [0.15, 0.2) is 18.5 Å². The van der Waals surface area contributed by atoms with Gasteiger partial charge < -0.3 is 4.74 Å². The molecule has 3 heteroatoms. The van der Waals surface area contributed by atoms with E-state index in [2.05, 4.69) is 32.8 Å². The molecule has 1 atom stereocenters. The van der Waals surface area contributed by atoms with E-state index < -0.39 is 0 Å². The quantitative estimate of drug-likeness (QED) is 0.686. The van der Waals surface area contributed by atoms with Crippen LogP contribution in [0.4, 0.5) is 0 Å². The second kappa shape index (κ2) is 2.83. The fourth-order valence-corrected chi connectivity index (χ4v) is 2.41. The Morgan fingerprint density at radius 3 is 2.50 bits per heavy atom. The molecule has 0 saturated carbocycles. The first-order valence-electron chi connectivity index (χ1n) is 5.10. The van der Waals surface area contributed by atoms with Gasteiger partial charge in [0, 0.05) is 18.8 Å². The van der Waals surface area contributed by atoms with Gasteiger partial charge in [0.05, 0.1) is 17.2 Å². The number of aromatic nitrogens is 2. The maximum absolute atomic E-state index is 6.01. The summed E-state index contributed by atoms with van der Waals surface area (Å²) in [6.45, 7) is 8.54. The van der Waals surface area contributed by atoms with Crippen molar-refractivity contribution in [3.8, 4) is 0 Å². The average molecular weight is 194 g/mol. The Morgan fingerprint density at radius 1 is 1.36 bits per heavy atom. The Hall–Kier alpha value is -0.830. The molecule has 1 aliphatic heterocycles. The standard InChI is InChI=1S/C11H18N2O/c1-10(2)8-9(11(3,4)14-10)13-7-5-6-12-13/h5-7,9H,8H2,1-4H3. The Balaban J connectivity index is 2.29. The van der Waals surface area contributed by atoms with Crippen LogP contribution in [0.25, 0.3) is 0 Å². The Bertz CT molecular complexity index is 314. The van der Waals surface area contributed by atoms with E-state index in [1.807, 2.05) is 23.1 Å². The zero-order chi connectivity index (χ0) is 10.4. The van der Waals surface area contributed by atoms with Crippen LogP contribution in [-0.4, -0.2) is 21.0 Å². The van der Waals surface area contributed by atoms with E-state index in [0.29, 0.717) is 6.04 Å². The Morgan fingerprint density at radius 2 is 2.07 bits per heavy atom. The number of hydrogen-bond acceptors (Lipinski definition) is 2. The number of hydrogen-bond donors (Lipinski definition) is 0. The molecule has 3 nitrogen and oxygen atoms in total. The molecule has 1 fully saturated rings. The third-order valence-corrected chi connectivity index (χ3v) is 2.87. The highest BCUT2D eigenvalue weighted by Crippen LogP contribution is 2.44. The highest BCUT2D eigenvalue weighted by molar-refractivity contribution is 4.98. The van der Waals surface area contributed by atoms with Gasteiger partial charge in [-0.1, -0.05) is 0 Å². The van der Waals surface area contributed by atoms with E-state index in [0.717, 1.165) is 6.42 Å². The van der Waals surface area contributed by atoms with Crippen LogP contribution < -0.4 is 0 Å². The van der Waals surface area contributed by atoms with E-state index in [1.54, 1.807) is 0 Å². The van der Waals surface area contributed by atoms with Crippen molar-refractivity contribution in [3.05, 3.63) is 18.5 Å². The summed E-state index contributed by atoms with van der Waals surface area (Å²) in [5.74, 6) is 0. The first-order valence-corrected chi connectivity index (χ1v) is 5.10. The van der Waals surface area contributed by atoms with Gasteiger partial charge in [0.2, 0.25) is 0 Å². The summed E-state index contributed by atoms with van der Waals surface area (Å²) >= 11 is 0. The van der Waals surface area contributed by atoms with E-state index >= 15 is 0 Å². The van der Waals surface area contributed by atoms with Crippen LogP contribution in [0.3, 0.4) is 0 Å². The molecule has 2 rings (SSSR count). The molecular formula is C11H18N2O. The largest absolute Gasteiger partial charge is 0.367 e. The lowest BCUT2D eigenvalue weighted by Crippen LogP contribution is -2.31. The molecule has 1 aliphatic rings. The van der Waals surface area contributed by atoms with Crippen molar-refractivity contribution < 1.29 is 4.74 Å². The molecule has 0 N–H and O–H groups in total. The van der Waals surface area contributed by atoms with E-state index in [-0.39, 0.29) is 11.2 Å². The summed E-state index contributed by atoms with van der Waals surface area (Å²) in [7, 11) is 0. The normalized spacial score (nSPS) is 29.3. The highest BCUT2D eigenvalue weighted by Gasteiger charge is 2.46. The fraction of sp³-hybridized carbons (Fsp3) is 0.727. The third kappa shape index (κ3) is 1.57. The lowest BCUT2D eigenvalue weighted by Gasteiger charge is -2.27. The average Bonchev–Trinajstić information content (AvgIpc) is 2.54. The van der Waals surface area contributed by atoms with Gasteiger partial charge in [-0.3, -0.25) is 4.68 Å². The fourth-order valence-electron chi connectivity index (χ4n) is 2.41. The summed E-state index contributed by atoms with van der Waals surface area (Å²) in [4.78, 5) is 0. The molecule has 0 spiro atoms. The summed E-state index contributed by atoms with van der Waals surface area (Å²) < 4.78 is 8.02. The molecule has 0 amide bonds. The van der Waals surface area contributed by atoms with E-state index in [9.17, 15) is 0 Å². The zero-order valence-corrected chi connectivity index (χ0v) is 9.32. The molecular weight excluding hydrogens is 176 g/mol. The maximum Gasteiger partial charge on any atom is 0.0857 e. The van der Waals surface area contributed by atoms with E-state index in [4.69, 9.17) is 4.74 Å². The van der Waals surface area contributed by atoms with Gasteiger partial charge in [-0.15, -0.1) is 0 Å². The van der Waals surface area contributed by atoms with Gasteiger partial charge in [-0.05, 0) is 33.8 Å². The van der Waals surface area contributed by atoms with Crippen LogP contribution in [0.5, 0.6) is 0 Å². The van der Waals surface area contributed by atoms with Crippen molar-refractivity contribution in [1.82, 2.24) is 9.78 Å². The molecule has 2 heterocycles. The van der Waals surface area contributed by atoms with E-state index in [1.165, 1.54) is 0 Å². The molecule has 78 valence electrons. The Labute approximate surface area is 85.1 Å². The van der Waals surface area contributed by atoms with Gasteiger partial charge in [-0.25, -0.2) is 0 Å². The topological polar surface area (TPSA) is 27.1 Å². The monoisotopic (exact) mass is 194 g/mol. The summed E-state index contributed by atoms with van der Waals surface area (Å²) in [5.41, 5.74) is -0.171. The molecule has 1 saturated heterocycles. The minimum absolute atomic E-state index is 0.0416. The van der Waals surface area contributed by atoms with Gasteiger partial charge in [0.1, 0.15) is 0 Å². The predicted molar refractivity (Wildman–Crippen MR) is 55.1 cm³/mol. The van der Waals surface area contributed by atoms with Crippen LogP contribution >= 0.6 is 0 Å². The van der Waals surface area contributed by atoms with Gasteiger partial charge in [0.25, 0.3) is 0 Å². The van der Waals surface area contributed by atoms with Crippen molar-refractivity contribution >= 4 is 0 Å². The Kier molecular flexibility index (Phi) is 1.96. The van der Waals surface area contributed by atoms with Crippen molar-refractivity contribution in [2.24, 2.45) is 0 Å². The highest BCUT2D eigenvalue weighted by atomic mass is 16.5. The van der Waals surface area contributed by atoms with Gasteiger partial charge in [0.15, 0.2) is 0 Å². The van der Waals surface area contributed by atoms with Crippen LogP contribution in [0.2, 0.25) is 0 Å². The summed E-state index contributed by atoms with van der Waals surface area (Å²) in [6, 6.07) is 2.30. The second-order valence-corrected chi connectivity index (χ2v) is 5.17. The number of rotatable bonds is 1. The zero-order valence-electron chi connectivity index (χ0n) is 9.32. The third-order valence-electron chi connectivity index (χ3n) is 2.87. The van der Waals surface area contributed by atoms with Crippen molar-refractivity contribution in [3.63, 3.8) is 0 Å². The van der Waals surface area contributed by atoms with Crippen LogP contribution in [0.1, 0.15) is 40.2 Å². The lowest BCUT2D eigenvalue weighted by molar-refractivity contribution is -0.0737. The van der Waals surface area contributed by atoms with Crippen molar-refractivity contribution in [1.29, 1.82) is 0 Å². The maximum atomic E-state index is 6.01. The van der Waals surface area contributed by atoms with Crippen LogP contribution in [0, 0.1) is 0 Å². The second-order valence-electron chi connectivity index (χ2n) is 5.17. The molecule has 1 aromatic heterocycles. The minimum atomic E-state index is -0.129. The number of nitrogens with zero attached hydrogens (tertiary/aromatic N) is 2. The first-order chi connectivity index (χ1) is 6.41. The molecule has 0 radical (unpaired) electrons. The van der Waals surface area contributed by atoms with Crippen molar-refractivity contribution in [2.45, 2.75) is 51.4 Å². The molecule has 14 heavy (non-hydrogen) atoms. The predicted octanol–water partition coefficient (Wildman–Crippen LogP) is 2.40. The van der Waals surface area contributed by atoms with Gasteiger partial charge >= 0.3 is 0 Å². The molecule has 0 aliphatic carbocycles. The first kappa shape index (κ1) is 9.71. The molecule has 0 aromatic carbocycles. The smallest absolute Gasteiger partial charge is 0.0857 e. The molecule has 1 aromatic rings. The van der Waals surface area contributed by atoms with Gasteiger partial charge in [-0.2, -0.15) is 5.10 Å². The summed E-state index contributed by atoms with van der Waals surface area (Å²) in [6.07, 6.45) is 4.85.